The van der Waals surface area contributed by atoms with Gasteiger partial charge >= 0.3 is 5.97 Å². The van der Waals surface area contributed by atoms with E-state index < -0.39 is 5.97 Å². The van der Waals surface area contributed by atoms with Gasteiger partial charge in [0.25, 0.3) is 0 Å². The summed E-state index contributed by atoms with van der Waals surface area (Å²) in [4.78, 5) is 15.1. The quantitative estimate of drug-likeness (QED) is 0.835. The average Bonchev–Trinajstić information content (AvgIpc) is 2.78. The lowest BCUT2D eigenvalue weighted by Gasteiger charge is -2.08. The number of hydrogen-bond acceptors (Lipinski definition) is 5. The minimum atomic E-state index is -1.00. The topological polar surface area (TPSA) is 88.3 Å². The van der Waals surface area contributed by atoms with Gasteiger partial charge in [0.05, 0.1) is 12.7 Å². The summed E-state index contributed by atoms with van der Waals surface area (Å²) in [5.41, 5.74) is 0.833. The minimum Gasteiger partial charge on any atom is -0.478 e. The summed E-state index contributed by atoms with van der Waals surface area (Å²) in [6.07, 6.45) is 3.09. The van der Waals surface area contributed by atoms with Crippen molar-refractivity contribution in [2.24, 2.45) is 0 Å². The van der Waals surface area contributed by atoms with Crippen LogP contribution in [0.3, 0.4) is 0 Å². The highest BCUT2D eigenvalue weighted by molar-refractivity contribution is 5.94. The van der Waals surface area contributed by atoms with Gasteiger partial charge in [-0.05, 0) is 18.6 Å². The Kier molecular flexibility index (Phi) is 3.04. The van der Waals surface area contributed by atoms with E-state index in [4.69, 9.17) is 9.63 Å². The van der Waals surface area contributed by atoms with Crippen LogP contribution in [0.4, 0.5) is 5.82 Å². The first-order valence-electron chi connectivity index (χ1n) is 5.01. The molecule has 0 amide bonds. The lowest BCUT2D eigenvalue weighted by atomic mass is 10.1. The van der Waals surface area contributed by atoms with Crippen molar-refractivity contribution in [3.8, 4) is 0 Å². The molecule has 88 valence electrons. The van der Waals surface area contributed by atoms with Crippen molar-refractivity contribution in [2.45, 2.75) is 13.5 Å². The van der Waals surface area contributed by atoms with Gasteiger partial charge in [0.2, 0.25) is 0 Å². The Morgan fingerprint density at radius 3 is 2.94 bits per heavy atom. The number of pyridine rings is 1. The number of nitrogens with zero attached hydrogens (tertiary/aromatic N) is 2. The number of aromatic carboxylic acids is 1. The van der Waals surface area contributed by atoms with E-state index >= 15 is 0 Å². The van der Waals surface area contributed by atoms with Crippen molar-refractivity contribution in [1.82, 2.24) is 10.1 Å². The molecule has 0 aliphatic rings. The predicted molar refractivity (Wildman–Crippen MR) is 59.8 cm³/mol. The van der Waals surface area contributed by atoms with Crippen LogP contribution in [0.5, 0.6) is 0 Å². The van der Waals surface area contributed by atoms with Gasteiger partial charge < -0.3 is 14.9 Å². The van der Waals surface area contributed by atoms with Crippen molar-refractivity contribution < 1.29 is 14.4 Å². The lowest BCUT2D eigenvalue weighted by Crippen LogP contribution is -2.09. The zero-order chi connectivity index (χ0) is 12.3. The molecule has 0 saturated heterocycles. The maximum Gasteiger partial charge on any atom is 0.339 e. The molecule has 0 fully saturated rings. The smallest absolute Gasteiger partial charge is 0.339 e. The zero-order valence-electron chi connectivity index (χ0n) is 9.17. The van der Waals surface area contributed by atoms with E-state index in [2.05, 4.69) is 15.5 Å². The van der Waals surface area contributed by atoms with Crippen LogP contribution in [-0.2, 0) is 6.54 Å². The van der Waals surface area contributed by atoms with E-state index in [0.29, 0.717) is 23.7 Å². The number of anilines is 1. The van der Waals surface area contributed by atoms with Crippen molar-refractivity contribution in [3.05, 3.63) is 41.4 Å². The van der Waals surface area contributed by atoms with Crippen LogP contribution in [0.15, 0.2) is 29.0 Å². The summed E-state index contributed by atoms with van der Waals surface area (Å²) < 4.78 is 4.90. The molecule has 2 N–H and O–H groups in total. The number of aryl methyl sites for hydroxylation is 1. The molecule has 0 radical (unpaired) electrons. The molecule has 0 aliphatic carbocycles. The predicted octanol–water partition coefficient (Wildman–Crippen LogP) is 1.69. The molecule has 2 heterocycles. The van der Waals surface area contributed by atoms with E-state index in [1.807, 2.05) is 0 Å². The molecule has 0 saturated carbocycles. The van der Waals surface area contributed by atoms with Crippen LogP contribution in [0.2, 0.25) is 0 Å². The van der Waals surface area contributed by atoms with E-state index in [1.165, 1.54) is 6.20 Å². The highest BCUT2D eigenvalue weighted by Crippen LogP contribution is 2.17. The SMILES string of the molecule is Cc1ccnc(NCc2ccno2)c1C(=O)O. The normalized spacial score (nSPS) is 10.2. The van der Waals surface area contributed by atoms with E-state index in [0.717, 1.165) is 0 Å². The number of aromatic nitrogens is 2. The molecule has 0 aliphatic heterocycles. The highest BCUT2D eigenvalue weighted by atomic mass is 16.5. The van der Waals surface area contributed by atoms with Crippen molar-refractivity contribution in [1.29, 1.82) is 0 Å². The number of nitrogens with one attached hydrogen (secondary N) is 1. The van der Waals surface area contributed by atoms with Gasteiger partial charge in [0.15, 0.2) is 5.76 Å². The summed E-state index contributed by atoms with van der Waals surface area (Å²) in [6, 6.07) is 3.35. The Labute approximate surface area is 97.3 Å². The second-order valence-corrected chi connectivity index (χ2v) is 3.49. The van der Waals surface area contributed by atoms with E-state index in [1.54, 1.807) is 25.3 Å². The molecule has 2 aromatic heterocycles. The van der Waals surface area contributed by atoms with Gasteiger partial charge in [0, 0.05) is 12.3 Å². The average molecular weight is 233 g/mol. The standard InChI is InChI=1S/C11H11N3O3/c1-7-2-4-12-10(9(7)11(15)16)13-6-8-3-5-14-17-8/h2-5H,6H2,1H3,(H,12,13)(H,15,16). The van der Waals surface area contributed by atoms with Gasteiger partial charge in [-0.1, -0.05) is 5.16 Å². The van der Waals surface area contributed by atoms with Gasteiger partial charge in [-0.3, -0.25) is 0 Å². The Morgan fingerprint density at radius 2 is 2.29 bits per heavy atom. The molecule has 2 rings (SSSR count). The summed E-state index contributed by atoms with van der Waals surface area (Å²) in [5.74, 6) is -0.0609. The molecule has 0 bridgehead atoms. The van der Waals surface area contributed by atoms with Crippen LogP contribution >= 0.6 is 0 Å². The van der Waals surface area contributed by atoms with Crippen LogP contribution in [0.25, 0.3) is 0 Å². The third kappa shape index (κ3) is 2.41. The number of carboxylic acids is 1. The second-order valence-electron chi connectivity index (χ2n) is 3.49. The van der Waals surface area contributed by atoms with Crippen LogP contribution in [0, 0.1) is 6.92 Å². The monoisotopic (exact) mass is 233 g/mol. The molecular weight excluding hydrogens is 222 g/mol. The first-order chi connectivity index (χ1) is 8.18. The fraction of sp³-hybridized carbons (Fsp3) is 0.182. The van der Waals surface area contributed by atoms with Gasteiger partial charge in [0.1, 0.15) is 11.4 Å². The van der Waals surface area contributed by atoms with Crippen molar-refractivity contribution >= 4 is 11.8 Å². The Bertz CT molecular complexity index is 523. The van der Waals surface area contributed by atoms with Crippen molar-refractivity contribution in [3.63, 3.8) is 0 Å². The highest BCUT2D eigenvalue weighted by Gasteiger charge is 2.14. The van der Waals surface area contributed by atoms with Gasteiger partial charge in [-0.25, -0.2) is 9.78 Å². The molecule has 2 aromatic rings. The molecule has 0 spiro atoms. The minimum absolute atomic E-state index is 0.173. The number of hydrogen-bond donors (Lipinski definition) is 2. The van der Waals surface area contributed by atoms with E-state index in [-0.39, 0.29) is 5.56 Å². The molecule has 17 heavy (non-hydrogen) atoms. The molecule has 6 heteroatoms. The number of rotatable bonds is 4. The molecule has 6 nitrogen and oxygen atoms in total. The van der Waals surface area contributed by atoms with Gasteiger partial charge in [-0.15, -0.1) is 0 Å². The Balaban J connectivity index is 2.21. The van der Waals surface area contributed by atoms with Crippen LogP contribution in [0.1, 0.15) is 21.7 Å². The second kappa shape index (κ2) is 4.65. The first-order valence-corrected chi connectivity index (χ1v) is 5.01. The molecule has 0 aromatic carbocycles. The summed E-state index contributed by atoms with van der Waals surface area (Å²) in [7, 11) is 0. The van der Waals surface area contributed by atoms with E-state index in [9.17, 15) is 4.79 Å². The van der Waals surface area contributed by atoms with Gasteiger partial charge in [-0.2, -0.15) is 0 Å². The fourth-order valence-electron chi connectivity index (χ4n) is 1.47. The lowest BCUT2D eigenvalue weighted by molar-refractivity contribution is 0.0696. The zero-order valence-corrected chi connectivity index (χ0v) is 9.17. The number of carboxylic acid groups (broad SMARTS) is 1. The van der Waals surface area contributed by atoms with Crippen LogP contribution in [-0.4, -0.2) is 21.2 Å². The third-order valence-corrected chi connectivity index (χ3v) is 2.29. The summed E-state index contributed by atoms with van der Waals surface area (Å²) in [6.45, 7) is 2.07. The maximum absolute atomic E-state index is 11.1. The van der Waals surface area contributed by atoms with Crippen molar-refractivity contribution in [2.75, 3.05) is 5.32 Å². The summed E-state index contributed by atoms with van der Waals surface area (Å²) in [5, 5.41) is 15.6. The third-order valence-electron chi connectivity index (χ3n) is 2.29. The Hall–Kier alpha value is -2.37. The van der Waals surface area contributed by atoms with Crippen LogP contribution < -0.4 is 5.32 Å². The first kappa shape index (κ1) is 11.1. The summed E-state index contributed by atoms with van der Waals surface area (Å²) >= 11 is 0. The molecular formula is C11H11N3O3. The Morgan fingerprint density at radius 1 is 1.47 bits per heavy atom. The number of carbonyl (C=O) groups is 1. The molecule has 0 unspecified atom stereocenters. The maximum atomic E-state index is 11.1. The largest absolute Gasteiger partial charge is 0.478 e. The molecule has 0 atom stereocenters. The fourth-order valence-corrected chi connectivity index (χ4v) is 1.47.